The number of amides is 1. The van der Waals surface area contributed by atoms with Crippen LogP contribution >= 0.6 is 11.6 Å². The van der Waals surface area contributed by atoms with E-state index in [4.69, 9.17) is 32.4 Å². The first-order valence-electron chi connectivity index (χ1n) is 19.8. The third-order valence-electron chi connectivity index (χ3n) is 11.6. The average Bonchev–Trinajstić information content (AvgIpc) is 3.77. The molecule has 4 atom stereocenters. The van der Waals surface area contributed by atoms with Crippen LogP contribution in [0.15, 0.2) is 66.7 Å². The molecular formula is C46H50ClN5O4. The Morgan fingerprint density at radius 1 is 0.964 bits per heavy atom. The number of nitrogens with one attached hydrogen (secondary N) is 2. The fourth-order valence-corrected chi connectivity index (χ4v) is 8.70. The smallest absolute Gasteiger partial charge is 0.220 e. The maximum Gasteiger partial charge on any atom is 0.220 e. The summed E-state index contributed by atoms with van der Waals surface area (Å²) in [5, 5.41) is 16.5. The van der Waals surface area contributed by atoms with Gasteiger partial charge < -0.3 is 24.8 Å². The van der Waals surface area contributed by atoms with E-state index in [9.17, 15) is 10.1 Å². The van der Waals surface area contributed by atoms with Gasteiger partial charge in [0.1, 0.15) is 30.0 Å². The van der Waals surface area contributed by atoms with Crippen LogP contribution in [0.3, 0.4) is 0 Å². The Bertz CT molecular complexity index is 2110. The van der Waals surface area contributed by atoms with E-state index in [-0.39, 0.29) is 24.7 Å². The van der Waals surface area contributed by atoms with Crippen LogP contribution in [0.5, 0.6) is 17.2 Å². The monoisotopic (exact) mass is 771 g/mol. The number of benzene rings is 4. The normalized spacial score (nSPS) is 20.5. The maximum absolute atomic E-state index is 11.7. The highest BCUT2D eigenvalue weighted by Gasteiger charge is 2.29. The number of likely N-dealkylation sites (tertiary alicyclic amines) is 1. The van der Waals surface area contributed by atoms with Crippen molar-refractivity contribution in [3.63, 3.8) is 0 Å². The Morgan fingerprint density at radius 2 is 1.77 bits per heavy atom. The third-order valence-corrected chi connectivity index (χ3v) is 11.9. The van der Waals surface area contributed by atoms with Crippen molar-refractivity contribution in [3.8, 4) is 34.4 Å². The second-order valence-electron chi connectivity index (χ2n) is 15.4. The fraction of sp³-hybridized carbons (Fsp3) is 0.413. The van der Waals surface area contributed by atoms with E-state index in [1.54, 1.807) is 18.2 Å². The topological polar surface area (TPSA) is 100 Å². The molecule has 2 heterocycles. The molecule has 2 aliphatic heterocycles. The molecule has 0 radical (unpaired) electrons. The third kappa shape index (κ3) is 8.98. The lowest BCUT2D eigenvalue weighted by molar-refractivity contribution is -0.122. The van der Waals surface area contributed by atoms with Gasteiger partial charge in [0.05, 0.1) is 24.3 Å². The molecule has 0 aromatic heterocycles. The van der Waals surface area contributed by atoms with Crippen LogP contribution < -0.4 is 24.8 Å². The first-order valence-corrected chi connectivity index (χ1v) is 20.2. The molecule has 0 bridgehead atoms. The van der Waals surface area contributed by atoms with Gasteiger partial charge in [0, 0.05) is 61.4 Å². The minimum Gasteiger partial charge on any atom is -0.493 e. The molecule has 0 saturated carbocycles. The van der Waals surface area contributed by atoms with Gasteiger partial charge in [-0.05, 0) is 123 Å². The van der Waals surface area contributed by atoms with Crippen LogP contribution in [-0.4, -0.2) is 48.6 Å². The van der Waals surface area contributed by atoms with Gasteiger partial charge in [0.15, 0.2) is 5.69 Å². The average molecular weight is 772 g/mol. The molecule has 0 spiro atoms. The Labute approximate surface area is 335 Å². The van der Waals surface area contributed by atoms with Crippen LogP contribution in [0.2, 0.25) is 5.02 Å². The Hall–Kier alpha value is -5.06. The molecule has 1 amide bonds. The molecule has 2 unspecified atom stereocenters. The molecule has 4 aromatic carbocycles. The maximum atomic E-state index is 11.7. The van der Waals surface area contributed by atoms with Crippen molar-refractivity contribution >= 4 is 23.2 Å². The highest BCUT2D eigenvalue weighted by atomic mass is 35.5. The van der Waals surface area contributed by atoms with E-state index in [0.29, 0.717) is 66.0 Å². The summed E-state index contributed by atoms with van der Waals surface area (Å²) in [6, 6.07) is 25.1. The SMILES string of the molecule is [C-]#[N+]c1cc(C#N)cc(COc2cc(O[C@H]3CCc4c(-c5cccc(OCCCN6C(C)CCC6C)c5C)cccc43)c(Cl)cc2CN[C@H]2CCC(=O)NC2)c1. The largest absolute Gasteiger partial charge is 0.493 e. The van der Waals surface area contributed by atoms with Gasteiger partial charge in [0.25, 0.3) is 0 Å². The Balaban J connectivity index is 1.08. The quantitative estimate of drug-likeness (QED) is 0.0974. The van der Waals surface area contributed by atoms with E-state index in [1.807, 2.05) is 12.1 Å². The first kappa shape index (κ1) is 39.2. The zero-order chi connectivity index (χ0) is 39.2. The predicted molar refractivity (Wildman–Crippen MR) is 219 cm³/mol. The number of piperidine rings is 1. The molecule has 2 fully saturated rings. The van der Waals surface area contributed by atoms with Crippen LogP contribution in [0.25, 0.3) is 16.0 Å². The lowest BCUT2D eigenvalue weighted by atomic mass is 9.93. The van der Waals surface area contributed by atoms with Crippen molar-refractivity contribution in [2.45, 2.75) is 103 Å². The predicted octanol–water partition coefficient (Wildman–Crippen LogP) is 9.39. The van der Waals surface area contributed by atoms with Gasteiger partial charge >= 0.3 is 0 Å². The van der Waals surface area contributed by atoms with Crippen LogP contribution in [-0.2, 0) is 24.4 Å². The molecule has 3 aliphatic rings. The summed E-state index contributed by atoms with van der Waals surface area (Å²) in [5.74, 6) is 2.11. The van der Waals surface area contributed by atoms with Gasteiger partial charge in [-0.1, -0.05) is 41.9 Å². The summed E-state index contributed by atoms with van der Waals surface area (Å²) in [6.45, 7) is 17.2. The van der Waals surface area contributed by atoms with Crippen LogP contribution in [0.4, 0.5) is 5.69 Å². The molecule has 56 heavy (non-hydrogen) atoms. The van der Waals surface area contributed by atoms with Gasteiger partial charge in [-0.15, -0.1) is 0 Å². The zero-order valence-electron chi connectivity index (χ0n) is 32.5. The van der Waals surface area contributed by atoms with E-state index >= 15 is 0 Å². The van der Waals surface area contributed by atoms with E-state index in [1.165, 1.54) is 29.5 Å². The number of halogens is 1. The number of carbonyl (C=O) groups is 1. The summed E-state index contributed by atoms with van der Waals surface area (Å²) >= 11 is 6.96. The number of carbonyl (C=O) groups excluding carboxylic acids is 1. The van der Waals surface area contributed by atoms with Crippen molar-refractivity contribution in [2.24, 2.45) is 0 Å². The first-order chi connectivity index (χ1) is 27.2. The van der Waals surface area contributed by atoms with Gasteiger partial charge in [-0.2, -0.15) is 5.26 Å². The molecule has 1 aliphatic carbocycles. The van der Waals surface area contributed by atoms with Crippen molar-refractivity contribution in [2.75, 3.05) is 19.7 Å². The molecule has 2 N–H and O–H groups in total. The molecule has 7 rings (SSSR count). The number of nitrogens with zero attached hydrogens (tertiary/aromatic N) is 3. The Morgan fingerprint density at radius 3 is 2.54 bits per heavy atom. The molecular weight excluding hydrogens is 722 g/mol. The van der Waals surface area contributed by atoms with Gasteiger partial charge in [-0.25, -0.2) is 4.85 Å². The summed E-state index contributed by atoms with van der Waals surface area (Å²) < 4.78 is 19.5. The lowest BCUT2D eigenvalue weighted by Gasteiger charge is -2.25. The molecule has 4 aromatic rings. The zero-order valence-corrected chi connectivity index (χ0v) is 33.3. The fourth-order valence-electron chi connectivity index (χ4n) is 8.47. The lowest BCUT2D eigenvalue weighted by Crippen LogP contribution is -2.45. The number of nitriles is 1. The number of ether oxygens (including phenoxy) is 3. The van der Waals surface area contributed by atoms with E-state index in [0.717, 1.165) is 60.2 Å². The van der Waals surface area contributed by atoms with Crippen molar-refractivity contribution < 1.29 is 19.0 Å². The minimum atomic E-state index is -0.200. The second kappa shape index (κ2) is 17.8. The summed E-state index contributed by atoms with van der Waals surface area (Å²) in [4.78, 5) is 17.9. The summed E-state index contributed by atoms with van der Waals surface area (Å²) in [6.07, 6.45) is 6.25. The van der Waals surface area contributed by atoms with Crippen molar-refractivity contribution in [3.05, 3.63) is 117 Å². The number of hydrogen-bond donors (Lipinski definition) is 2. The van der Waals surface area contributed by atoms with Crippen LogP contribution in [0, 0.1) is 24.8 Å². The molecule has 10 heteroatoms. The van der Waals surface area contributed by atoms with Crippen molar-refractivity contribution in [1.29, 1.82) is 5.26 Å². The summed E-state index contributed by atoms with van der Waals surface area (Å²) in [5.41, 5.74) is 8.28. The summed E-state index contributed by atoms with van der Waals surface area (Å²) in [7, 11) is 0. The van der Waals surface area contributed by atoms with Crippen LogP contribution in [0.1, 0.15) is 91.9 Å². The highest BCUT2D eigenvalue weighted by Crippen LogP contribution is 2.44. The number of rotatable bonds is 14. The van der Waals surface area contributed by atoms with Gasteiger partial charge in [0.2, 0.25) is 5.91 Å². The van der Waals surface area contributed by atoms with Crippen molar-refractivity contribution in [1.82, 2.24) is 15.5 Å². The molecule has 2 saturated heterocycles. The molecule has 9 nitrogen and oxygen atoms in total. The van der Waals surface area contributed by atoms with E-state index in [2.05, 4.69) is 83.6 Å². The number of fused-ring (bicyclic) bond motifs is 1. The second-order valence-corrected chi connectivity index (χ2v) is 15.8. The standard InChI is InChI=1S/C46H50ClN5O4/c1-29-12-13-30(2)52(29)18-7-19-54-42-11-6-8-37(31(42)3)38-9-5-10-40-39(38)15-16-43(40)56-45-24-44(55-28-33-20-32(25-48)21-36(22-33)49-4)34(23-41(45)47)26-50-35-14-17-46(53)51-27-35/h5-6,8-11,20-24,29-30,35,43,50H,7,12-19,26-28H2,1-3H3,(H,51,53)/t29?,30?,35-,43-/m0/s1. The Kier molecular flexibility index (Phi) is 12.5. The highest BCUT2D eigenvalue weighted by molar-refractivity contribution is 6.32. The van der Waals surface area contributed by atoms with Gasteiger partial charge in [-0.3, -0.25) is 9.69 Å². The minimum absolute atomic E-state index is 0.0661. The number of hydrogen-bond acceptors (Lipinski definition) is 7. The molecule has 290 valence electrons. The van der Waals surface area contributed by atoms with E-state index < -0.39 is 0 Å².